The molecular weight excluding hydrogens is 212 g/mol. The van der Waals surface area contributed by atoms with E-state index in [1.807, 2.05) is 6.08 Å². The van der Waals surface area contributed by atoms with Crippen molar-refractivity contribution < 1.29 is 13.5 Å². The maximum atomic E-state index is 13.0. The molecule has 2 nitrogen and oxygen atoms in total. The molecule has 1 aliphatic heterocycles. The number of hydrogen-bond acceptors (Lipinski definition) is 2. The van der Waals surface area contributed by atoms with Crippen molar-refractivity contribution in [2.45, 2.75) is 18.9 Å². The van der Waals surface area contributed by atoms with E-state index in [4.69, 9.17) is 10.5 Å². The highest BCUT2D eigenvalue weighted by Gasteiger charge is 2.17. The minimum absolute atomic E-state index is 0.518. The monoisotopic (exact) mass is 225 g/mol. The molecule has 4 heteroatoms. The fourth-order valence-electron chi connectivity index (χ4n) is 1.66. The molecule has 0 radical (unpaired) electrons. The lowest BCUT2D eigenvalue weighted by molar-refractivity contribution is 0.176. The minimum atomic E-state index is -0.885. The van der Waals surface area contributed by atoms with Gasteiger partial charge in [-0.15, -0.1) is 0 Å². The van der Waals surface area contributed by atoms with Crippen molar-refractivity contribution >= 4 is 0 Å². The molecule has 1 aromatic carbocycles. The summed E-state index contributed by atoms with van der Waals surface area (Å²) < 4.78 is 31.1. The molecule has 0 amide bonds. The molecule has 1 aliphatic rings. The third kappa shape index (κ3) is 2.22. The molecule has 0 spiro atoms. The highest BCUT2D eigenvalue weighted by molar-refractivity contribution is 5.27. The number of rotatable bonds is 2. The molecule has 0 saturated carbocycles. The molecule has 1 aromatic rings. The zero-order valence-corrected chi connectivity index (χ0v) is 8.75. The van der Waals surface area contributed by atoms with Crippen LogP contribution in [0.4, 0.5) is 8.78 Å². The highest BCUT2D eigenvalue weighted by Crippen LogP contribution is 2.24. The predicted octanol–water partition coefficient (Wildman–Crippen LogP) is 2.66. The molecular formula is C12H13F2NO. The Morgan fingerprint density at radius 3 is 2.69 bits per heavy atom. The Balaban J connectivity index is 2.22. The van der Waals surface area contributed by atoms with Gasteiger partial charge in [0, 0.05) is 0 Å². The van der Waals surface area contributed by atoms with Gasteiger partial charge in [0.2, 0.25) is 0 Å². The molecule has 1 atom stereocenters. The lowest BCUT2D eigenvalue weighted by Crippen LogP contribution is -2.18. The molecule has 16 heavy (non-hydrogen) atoms. The summed E-state index contributed by atoms with van der Waals surface area (Å²) in [6, 6.07) is 3.14. The van der Waals surface area contributed by atoms with Gasteiger partial charge in [-0.3, -0.25) is 0 Å². The van der Waals surface area contributed by atoms with Crippen LogP contribution in [0.3, 0.4) is 0 Å². The van der Waals surface area contributed by atoms with Crippen LogP contribution in [0.25, 0.3) is 0 Å². The van der Waals surface area contributed by atoms with Gasteiger partial charge in [-0.25, -0.2) is 8.78 Å². The maximum absolute atomic E-state index is 13.0. The van der Waals surface area contributed by atoms with Gasteiger partial charge < -0.3 is 10.5 Å². The highest BCUT2D eigenvalue weighted by atomic mass is 19.2. The second-order valence-corrected chi connectivity index (χ2v) is 3.75. The second-order valence-electron chi connectivity index (χ2n) is 3.75. The van der Waals surface area contributed by atoms with Crippen LogP contribution in [-0.4, -0.2) is 6.61 Å². The summed E-state index contributed by atoms with van der Waals surface area (Å²) in [5.74, 6) is -1.11. The molecule has 1 heterocycles. The minimum Gasteiger partial charge on any atom is -0.496 e. The van der Waals surface area contributed by atoms with Gasteiger partial charge in [-0.05, 0) is 36.6 Å². The predicted molar refractivity (Wildman–Crippen MR) is 56.6 cm³/mol. The van der Waals surface area contributed by atoms with Crippen molar-refractivity contribution in [1.29, 1.82) is 0 Å². The van der Waals surface area contributed by atoms with E-state index in [-0.39, 0.29) is 0 Å². The Morgan fingerprint density at radius 2 is 2.06 bits per heavy atom. The second kappa shape index (κ2) is 4.61. The number of allylic oxidation sites excluding steroid dienone is 1. The van der Waals surface area contributed by atoms with Gasteiger partial charge in [-0.2, -0.15) is 0 Å². The molecule has 0 bridgehead atoms. The molecule has 0 fully saturated rings. The summed E-state index contributed by atoms with van der Waals surface area (Å²) in [5, 5.41) is 0. The van der Waals surface area contributed by atoms with Crippen LogP contribution in [-0.2, 0) is 4.74 Å². The number of benzene rings is 1. The van der Waals surface area contributed by atoms with Crippen LogP contribution in [0.1, 0.15) is 24.4 Å². The number of ether oxygens (including phenoxy) is 1. The Kier molecular flexibility index (Phi) is 3.19. The van der Waals surface area contributed by atoms with Gasteiger partial charge in [0.15, 0.2) is 11.6 Å². The third-order valence-electron chi connectivity index (χ3n) is 2.57. The van der Waals surface area contributed by atoms with Crippen LogP contribution in [0.15, 0.2) is 30.0 Å². The van der Waals surface area contributed by atoms with E-state index in [2.05, 4.69) is 0 Å². The lowest BCUT2D eigenvalue weighted by Gasteiger charge is -2.20. The van der Waals surface area contributed by atoms with E-state index in [0.29, 0.717) is 17.9 Å². The summed E-state index contributed by atoms with van der Waals surface area (Å²) in [4.78, 5) is 0. The van der Waals surface area contributed by atoms with Crippen molar-refractivity contribution in [3.8, 4) is 0 Å². The summed E-state index contributed by atoms with van der Waals surface area (Å²) in [5.41, 5.74) is 6.43. The van der Waals surface area contributed by atoms with Gasteiger partial charge in [-0.1, -0.05) is 6.07 Å². The first-order chi connectivity index (χ1) is 7.68. The van der Waals surface area contributed by atoms with Crippen molar-refractivity contribution in [3.63, 3.8) is 0 Å². The molecule has 0 aromatic heterocycles. The molecule has 86 valence electrons. The summed E-state index contributed by atoms with van der Waals surface area (Å²) in [7, 11) is 0. The largest absolute Gasteiger partial charge is 0.496 e. The van der Waals surface area contributed by atoms with Gasteiger partial charge >= 0.3 is 0 Å². The van der Waals surface area contributed by atoms with E-state index in [0.717, 1.165) is 25.0 Å². The van der Waals surface area contributed by atoms with E-state index in [9.17, 15) is 8.78 Å². The van der Waals surface area contributed by atoms with E-state index < -0.39 is 17.7 Å². The topological polar surface area (TPSA) is 35.2 Å². The number of halogens is 2. The van der Waals surface area contributed by atoms with Crippen molar-refractivity contribution in [1.82, 2.24) is 0 Å². The third-order valence-corrected chi connectivity index (χ3v) is 2.57. The van der Waals surface area contributed by atoms with Crippen LogP contribution < -0.4 is 5.73 Å². The Morgan fingerprint density at radius 1 is 1.25 bits per heavy atom. The van der Waals surface area contributed by atoms with Crippen LogP contribution in [0, 0.1) is 11.6 Å². The van der Waals surface area contributed by atoms with E-state index in [1.165, 1.54) is 6.07 Å². The van der Waals surface area contributed by atoms with Gasteiger partial charge in [0.05, 0.1) is 12.6 Å². The average molecular weight is 225 g/mol. The van der Waals surface area contributed by atoms with E-state index in [1.54, 1.807) is 0 Å². The zero-order valence-electron chi connectivity index (χ0n) is 8.75. The standard InChI is InChI=1S/C12H13F2NO/c13-9-5-4-8(7-10(9)14)12(15)11-3-1-2-6-16-11/h3-5,7,12H,1-2,6,15H2. The smallest absolute Gasteiger partial charge is 0.159 e. The SMILES string of the molecule is NC(C1=CCCCO1)c1ccc(F)c(F)c1. The molecule has 1 unspecified atom stereocenters. The fourth-order valence-corrected chi connectivity index (χ4v) is 1.66. The van der Waals surface area contributed by atoms with Crippen molar-refractivity contribution in [2.24, 2.45) is 5.73 Å². The molecule has 2 N–H and O–H groups in total. The normalized spacial score (nSPS) is 17.6. The summed E-state index contributed by atoms with van der Waals surface area (Å²) >= 11 is 0. The fraction of sp³-hybridized carbons (Fsp3) is 0.333. The van der Waals surface area contributed by atoms with Gasteiger partial charge in [0.25, 0.3) is 0 Å². The first-order valence-electron chi connectivity index (χ1n) is 5.22. The van der Waals surface area contributed by atoms with Crippen LogP contribution in [0.5, 0.6) is 0 Å². The average Bonchev–Trinajstić information content (AvgIpc) is 2.33. The Bertz CT molecular complexity index is 417. The van der Waals surface area contributed by atoms with Crippen molar-refractivity contribution in [2.75, 3.05) is 6.61 Å². The lowest BCUT2D eigenvalue weighted by atomic mass is 10.0. The molecule has 0 aliphatic carbocycles. The summed E-state index contributed by atoms with van der Waals surface area (Å²) in [6.07, 6.45) is 3.77. The van der Waals surface area contributed by atoms with E-state index >= 15 is 0 Å². The summed E-state index contributed by atoms with van der Waals surface area (Å²) in [6.45, 7) is 0.628. The molecule has 0 saturated heterocycles. The van der Waals surface area contributed by atoms with Crippen LogP contribution in [0.2, 0.25) is 0 Å². The first kappa shape index (κ1) is 11.1. The quantitative estimate of drug-likeness (QED) is 0.839. The maximum Gasteiger partial charge on any atom is 0.159 e. The zero-order chi connectivity index (χ0) is 11.5. The number of hydrogen-bond donors (Lipinski definition) is 1. The first-order valence-corrected chi connectivity index (χ1v) is 5.22. The number of nitrogens with two attached hydrogens (primary N) is 1. The van der Waals surface area contributed by atoms with Gasteiger partial charge in [0.1, 0.15) is 5.76 Å². The Labute approximate surface area is 92.7 Å². The Hall–Kier alpha value is -1.42. The molecule has 2 rings (SSSR count). The van der Waals surface area contributed by atoms with Crippen LogP contribution >= 0.6 is 0 Å². The van der Waals surface area contributed by atoms with Crippen molar-refractivity contribution in [3.05, 3.63) is 47.2 Å².